The fraction of sp³-hybridized carbons (Fsp3) is 0.640. The lowest BCUT2D eigenvalue weighted by atomic mass is 9.96. The van der Waals surface area contributed by atoms with Gasteiger partial charge in [0.25, 0.3) is 0 Å². The number of aryl methyl sites for hydroxylation is 1. The number of rotatable bonds is 3. The molecule has 32 heavy (non-hydrogen) atoms. The van der Waals surface area contributed by atoms with E-state index in [2.05, 4.69) is 53.7 Å². The molecule has 7 heteroatoms. The number of carbonyl (C=O) groups excluding carboxylic acids is 2. The highest BCUT2D eigenvalue weighted by molar-refractivity contribution is 8.14. The second kappa shape index (κ2) is 10.7. The van der Waals surface area contributed by atoms with Crippen LogP contribution in [0.3, 0.4) is 0 Å². The van der Waals surface area contributed by atoms with Crippen molar-refractivity contribution >= 4 is 29.0 Å². The van der Waals surface area contributed by atoms with Crippen molar-refractivity contribution in [2.75, 3.05) is 0 Å². The SMILES string of the molecule is Cc1ccc(C2SC(=NC(=O)NC3CCCCC3)N(C(=O)NC3CCCCC3)C2C)cc1. The third-order valence-corrected chi connectivity index (χ3v) is 8.39. The smallest absolute Gasteiger partial charge is 0.335 e. The van der Waals surface area contributed by atoms with Gasteiger partial charge < -0.3 is 10.6 Å². The third-order valence-electron chi connectivity index (χ3n) is 6.97. The van der Waals surface area contributed by atoms with Gasteiger partial charge in [-0.25, -0.2) is 9.59 Å². The van der Waals surface area contributed by atoms with E-state index in [-0.39, 0.29) is 35.4 Å². The molecule has 1 aromatic rings. The molecule has 4 amide bonds. The summed E-state index contributed by atoms with van der Waals surface area (Å²) in [7, 11) is 0. The van der Waals surface area contributed by atoms with Gasteiger partial charge in [0, 0.05) is 12.1 Å². The van der Waals surface area contributed by atoms with Crippen molar-refractivity contribution in [1.82, 2.24) is 15.5 Å². The molecule has 1 saturated heterocycles. The van der Waals surface area contributed by atoms with Crippen LogP contribution in [-0.4, -0.2) is 40.3 Å². The van der Waals surface area contributed by atoms with Crippen LogP contribution in [0.5, 0.6) is 0 Å². The van der Waals surface area contributed by atoms with Gasteiger partial charge in [-0.05, 0) is 45.1 Å². The molecule has 1 aliphatic heterocycles. The van der Waals surface area contributed by atoms with E-state index in [9.17, 15) is 9.59 Å². The lowest BCUT2D eigenvalue weighted by molar-refractivity contribution is 0.204. The van der Waals surface area contributed by atoms with E-state index in [1.54, 1.807) is 4.90 Å². The Hall–Kier alpha value is -2.02. The van der Waals surface area contributed by atoms with Crippen LogP contribution in [0.4, 0.5) is 9.59 Å². The maximum atomic E-state index is 13.3. The van der Waals surface area contributed by atoms with E-state index < -0.39 is 0 Å². The third kappa shape index (κ3) is 5.66. The van der Waals surface area contributed by atoms with Crippen LogP contribution in [0, 0.1) is 6.92 Å². The molecule has 1 heterocycles. The summed E-state index contributed by atoms with van der Waals surface area (Å²) in [5.41, 5.74) is 2.36. The first-order valence-electron chi connectivity index (χ1n) is 12.2. The number of amides is 4. The molecule has 2 saturated carbocycles. The summed E-state index contributed by atoms with van der Waals surface area (Å²) in [5.74, 6) is 0. The Morgan fingerprint density at radius 3 is 2.06 bits per heavy atom. The van der Waals surface area contributed by atoms with Crippen molar-refractivity contribution in [2.45, 2.75) is 101 Å². The highest BCUT2D eigenvalue weighted by Crippen LogP contribution is 2.43. The van der Waals surface area contributed by atoms with Crippen LogP contribution in [0.2, 0.25) is 0 Å². The van der Waals surface area contributed by atoms with Gasteiger partial charge in [-0.1, -0.05) is 80.1 Å². The zero-order chi connectivity index (χ0) is 22.5. The molecule has 6 nitrogen and oxygen atoms in total. The molecule has 2 N–H and O–H groups in total. The van der Waals surface area contributed by atoms with E-state index in [1.807, 2.05) is 0 Å². The molecule has 0 bridgehead atoms. The molecule has 1 aromatic carbocycles. The molecule has 2 aliphatic carbocycles. The normalized spacial score (nSPS) is 26.3. The van der Waals surface area contributed by atoms with Crippen molar-refractivity contribution in [3.63, 3.8) is 0 Å². The quantitative estimate of drug-likeness (QED) is 0.593. The van der Waals surface area contributed by atoms with Crippen molar-refractivity contribution in [3.8, 4) is 0 Å². The molecule has 2 atom stereocenters. The topological polar surface area (TPSA) is 73.8 Å². The first kappa shape index (κ1) is 23.1. The second-order valence-electron chi connectivity index (χ2n) is 9.52. The van der Waals surface area contributed by atoms with Crippen molar-refractivity contribution in [3.05, 3.63) is 35.4 Å². The molecule has 2 unspecified atom stereocenters. The zero-order valence-corrected chi connectivity index (χ0v) is 20.1. The highest BCUT2D eigenvalue weighted by atomic mass is 32.2. The first-order chi connectivity index (χ1) is 15.5. The van der Waals surface area contributed by atoms with E-state index in [0.717, 1.165) is 56.9 Å². The lowest BCUT2D eigenvalue weighted by Gasteiger charge is -2.28. The number of benzene rings is 1. The predicted octanol–water partition coefficient (Wildman–Crippen LogP) is 5.91. The van der Waals surface area contributed by atoms with Crippen LogP contribution in [0.1, 0.15) is 87.5 Å². The van der Waals surface area contributed by atoms with Gasteiger partial charge in [-0.2, -0.15) is 4.99 Å². The summed E-state index contributed by atoms with van der Waals surface area (Å²) in [6.07, 6.45) is 11.2. The van der Waals surface area contributed by atoms with Gasteiger partial charge in [-0.15, -0.1) is 0 Å². The van der Waals surface area contributed by atoms with Crippen LogP contribution < -0.4 is 10.6 Å². The largest absolute Gasteiger partial charge is 0.343 e. The monoisotopic (exact) mass is 456 g/mol. The van der Waals surface area contributed by atoms with Gasteiger partial charge in [0.15, 0.2) is 5.17 Å². The number of aliphatic imine (C=N–C) groups is 1. The van der Waals surface area contributed by atoms with Crippen LogP contribution in [0.15, 0.2) is 29.3 Å². The zero-order valence-electron chi connectivity index (χ0n) is 19.3. The average Bonchev–Trinajstić information content (AvgIpc) is 3.11. The van der Waals surface area contributed by atoms with Gasteiger partial charge in [0.2, 0.25) is 0 Å². The van der Waals surface area contributed by atoms with E-state index >= 15 is 0 Å². The number of urea groups is 2. The van der Waals surface area contributed by atoms with Crippen molar-refractivity contribution in [1.29, 1.82) is 0 Å². The Kier molecular flexibility index (Phi) is 7.76. The number of hydrogen-bond acceptors (Lipinski definition) is 3. The molecular formula is C25H36N4O2S. The number of hydrogen-bond donors (Lipinski definition) is 2. The summed E-state index contributed by atoms with van der Waals surface area (Å²) in [6.45, 7) is 4.13. The van der Waals surface area contributed by atoms with Gasteiger partial charge in [-0.3, -0.25) is 4.90 Å². The van der Waals surface area contributed by atoms with Crippen LogP contribution >= 0.6 is 11.8 Å². The fourth-order valence-corrected chi connectivity index (χ4v) is 6.40. The summed E-state index contributed by atoms with van der Waals surface area (Å²) in [4.78, 5) is 32.2. The standard InChI is InChI=1S/C25H36N4O2S/c1-17-13-15-19(16-14-17)22-18(2)29(24(31)27-21-11-7-4-8-12-21)25(32-22)28-23(30)26-20-9-5-3-6-10-20/h13-16,18,20-22H,3-12H2,1-2H3,(H,26,30)(H,27,31). The Labute approximate surface area is 196 Å². The maximum absolute atomic E-state index is 13.3. The summed E-state index contributed by atoms with van der Waals surface area (Å²) in [6, 6.07) is 8.29. The Balaban J connectivity index is 1.52. The van der Waals surface area contributed by atoms with Gasteiger partial charge >= 0.3 is 12.1 Å². The molecule has 174 valence electrons. The summed E-state index contributed by atoms with van der Waals surface area (Å²) < 4.78 is 0. The summed E-state index contributed by atoms with van der Waals surface area (Å²) >= 11 is 1.52. The molecule has 4 rings (SSSR count). The number of nitrogens with one attached hydrogen (secondary N) is 2. The highest BCUT2D eigenvalue weighted by Gasteiger charge is 2.42. The molecular weight excluding hydrogens is 420 g/mol. The number of thioether (sulfide) groups is 1. The molecule has 0 aromatic heterocycles. The van der Waals surface area contributed by atoms with Gasteiger partial charge in [0.1, 0.15) is 0 Å². The van der Waals surface area contributed by atoms with E-state index in [0.29, 0.717) is 5.17 Å². The molecule has 3 fully saturated rings. The number of nitrogens with zero attached hydrogens (tertiary/aromatic N) is 2. The minimum Gasteiger partial charge on any atom is -0.335 e. The van der Waals surface area contributed by atoms with E-state index in [1.165, 1.54) is 30.2 Å². The van der Waals surface area contributed by atoms with E-state index in [4.69, 9.17) is 0 Å². The van der Waals surface area contributed by atoms with Crippen molar-refractivity contribution < 1.29 is 9.59 Å². The second-order valence-corrected chi connectivity index (χ2v) is 10.6. The average molecular weight is 457 g/mol. The fourth-order valence-electron chi connectivity index (χ4n) is 5.06. The number of carbonyl (C=O) groups is 2. The molecule has 3 aliphatic rings. The predicted molar refractivity (Wildman–Crippen MR) is 131 cm³/mol. The minimum atomic E-state index is -0.327. The molecule has 0 spiro atoms. The number of amidine groups is 1. The first-order valence-corrected chi connectivity index (χ1v) is 13.1. The van der Waals surface area contributed by atoms with Crippen LogP contribution in [0.25, 0.3) is 0 Å². The minimum absolute atomic E-state index is 0.0499. The maximum Gasteiger partial charge on any atom is 0.343 e. The Morgan fingerprint density at radius 2 is 1.47 bits per heavy atom. The van der Waals surface area contributed by atoms with Gasteiger partial charge in [0.05, 0.1) is 11.3 Å². The Bertz CT molecular complexity index is 829. The van der Waals surface area contributed by atoms with Crippen molar-refractivity contribution in [2.24, 2.45) is 4.99 Å². The van der Waals surface area contributed by atoms with Crippen LogP contribution in [-0.2, 0) is 0 Å². The summed E-state index contributed by atoms with van der Waals surface area (Å²) in [5, 5.41) is 6.84. The lowest BCUT2D eigenvalue weighted by Crippen LogP contribution is -2.49. The Morgan fingerprint density at radius 1 is 0.906 bits per heavy atom. The molecule has 0 radical (unpaired) electrons.